The molecule has 3 nitrogen and oxygen atoms in total. The van der Waals surface area contributed by atoms with Crippen molar-refractivity contribution in [3.05, 3.63) is 0 Å². The first-order valence-corrected chi connectivity index (χ1v) is 13.9. The number of hydrogen-bond donors (Lipinski definition) is 1. The second-order valence-electron chi connectivity index (χ2n) is 15.0. The molecule has 0 aromatic carbocycles. The van der Waals surface area contributed by atoms with Crippen molar-refractivity contribution in [2.24, 2.45) is 56.2 Å². The van der Waals surface area contributed by atoms with E-state index < -0.39 is 11.4 Å². The van der Waals surface area contributed by atoms with Gasteiger partial charge >= 0.3 is 5.97 Å². The highest BCUT2D eigenvalue weighted by molar-refractivity contribution is 5.82. The third-order valence-electron chi connectivity index (χ3n) is 14.0. The van der Waals surface area contributed by atoms with Gasteiger partial charge in [0.15, 0.2) is 0 Å². The van der Waals surface area contributed by atoms with E-state index in [1.54, 1.807) is 0 Å². The summed E-state index contributed by atoms with van der Waals surface area (Å²) in [7, 11) is 0. The molecule has 0 unspecified atom stereocenters. The fourth-order valence-electron chi connectivity index (χ4n) is 11.2. The fourth-order valence-corrected chi connectivity index (χ4v) is 11.2. The van der Waals surface area contributed by atoms with Gasteiger partial charge in [-0.15, -0.1) is 0 Å². The molecule has 0 aromatic heterocycles. The highest BCUT2D eigenvalue weighted by atomic mass is 16.4. The van der Waals surface area contributed by atoms with Crippen LogP contribution in [0.3, 0.4) is 0 Å². The van der Waals surface area contributed by atoms with Crippen molar-refractivity contribution in [1.82, 2.24) is 0 Å². The topological polar surface area (TPSA) is 54.4 Å². The summed E-state index contributed by atoms with van der Waals surface area (Å²) in [6, 6.07) is 0. The van der Waals surface area contributed by atoms with Crippen LogP contribution in [-0.4, -0.2) is 16.9 Å². The number of aliphatic carboxylic acids is 1. The quantitative estimate of drug-likeness (QED) is 0.444. The van der Waals surface area contributed by atoms with E-state index in [0.717, 1.165) is 32.1 Å². The van der Waals surface area contributed by atoms with Gasteiger partial charge in [0, 0.05) is 12.3 Å². The SMILES string of the molecule is C[C@H]1C(=O)CC[C@H]2[C@]1(C)CC[C@H]1[C@]2(C)CC[C@@]2(C)[C@@H]3C[C@@](C)(C(=O)O)CC[C@]3(C)CC[C@@]12C. The summed E-state index contributed by atoms with van der Waals surface area (Å²) < 4.78 is 0. The Kier molecular flexibility index (Phi) is 4.97. The maximum atomic E-state index is 12.7. The van der Waals surface area contributed by atoms with E-state index in [0.29, 0.717) is 29.0 Å². The summed E-state index contributed by atoms with van der Waals surface area (Å²) in [6.07, 6.45) is 12.0. The molecule has 0 radical (unpaired) electrons. The summed E-state index contributed by atoms with van der Waals surface area (Å²) in [5.41, 5.74) is 0.621. The highest BCUT2D eigenvalue weighted by Crippen LogP contribution is 2.78. The minimum atomic E-state index is -0.588. The van der Waals surface area contributed by atoms with Crippen LogP contribution in [0.15, 0.2) is 0 Å². The van der Waals surface area contributed by atoms with E-state index in [4.69, 9.17) is 0 Å². The molecule has 3 heteroatoms. The Morgan fingerprint density at radius 2 is 1.36 bits per heavy atom. The van der Waals surface area contributed by atoms with Gasteiger partial charge in [0.2, 0.25) is 0 Å². The van der Waals surface area contributed by atoms with Crippen molar-refractivity contribution in [3.8, 4) is 0 Å². The number of Topliss-reactive ketones (excluding diaryl/α,β-unsaturated/α-hetero) is 1. The van der Waals surface area contributed by atoms with Crippen LogP contribution in [-0.2, 0) is 9.59 Å². The number of carboxylic acid groups (broad SMARTS) is 1. The molecule has 0 aromatic rings. The van der Waals surface area contributed by atoms with Crippen molar-refractivity contribution in [3.63, 3.8) is 0 Å². The molecule has 1 N–H and O–H groups in total. The summed E-state index contributed by atoms with van der Waals surface area (Å²) in [5, 5.41) is 10.1. The number of fused-ring (bicyclic) bond motifs is 7. The van der Waals surface area contributed by atoms with Gasteiger partial charge in [-0.2, -0.15) is 0 Å². The number of carbonyl (C=O) groups excluding carboxylic acids is 1. The summed E-state index contributed by atoms with van der Waals surface area (Å²) in [4.78, 5) is 25.0. The summed E-state index contributed by atoms with van der Waals surface area (Å²) >= 11 is 0. The largest absolute Gasteiger partial charge is 0.481 e. The van der Waals surface area contributed by atoms with Crippen LogP contribution in [0.25, 0.3) is 0 Å². The van der Waals surface area contributed by atoms with Crippen LogP contribution in [0.2, 0.25) is 0 Å². The Morgan fingerprint density at radius 1 is 0.758 bits per heavy atom. The van der Waals surface area contributed by atoms with Gasteiger partial charge in [-0.1, -0.05) is 41.5 Å². The number of carboxylic acids is 1. The second-order valence-corrected chi connectivity index (χ2v) is 15.0. The molecule has 0 saturated heterocycles. The van der Waals surface area contributed by atoms with E-state index >= 15 is 0 Å². The van der Waals surface area contributed by atoms with Gasteiger partial charge < -0.3 is 5.11 Å². The Balaban J connectivity index is 1.54. The van der Waals surface area contributed by atoms with Gasteiger partial charge in [-0.25, -0.2) is 0 Å². The molecule has 5 fully saturated rings. The lowest BCUT2D eigenvalue weighted by atomic mass is 9.30. The normalized spacial score (nSPS) is 58.5. The predicted octanol–water partition coefficient (Wildman–Crippen LogP) is 7.52. The minimum Gasteiger partial charge on any atom is -0.481 e. The molecule has 5 aliphatic carbocycles. The van der Waals surface area contributed by atoms with Crippen LogP contribution in [0, 0.1) is 56.2 Å². The third kappa shape index (κ3) is 2.80. The Bertz CT molecular complexity index is 880. The molecule has 0 heterocycles. The molecule has 186 valence electrons. The van der Waals surface area contributed by atoms with Crippen molar-refractivity contribution in [1.29, 1.82) is 0 Å². The third-order valence-corrected chi connectivity index (χ3v) is 14.0. The summed E-state index contributed by atoms with van der Waals surface area (Å²) in [6.45, 7) is 16.9. The van der Waals surface area contributed by atoms with Gasteiger partial charge in [0.25, 0.3) is 0 Å². The Morgan fingerprint density at radius 3 is 2.03 bits per heavy atom. The van der Waals surface area contributed by atoms with E-state index in [2.05, 4.69) is 41.5 Å². The standard InChI is InChI=1S/C30H48O3/c1-19-20(31)8-9-21-27(19,4)11-10-22-28(21,5)15-17-30(7)23-18-26(3,24(32)33)13-12-25(23,2)14-16-29(22,30)6/h19,21-23H,8-18H2,1-7H3,(H,32,33)/t19-,21-,22-,23+,25+,26-,27+,28+,29-,30-/m0/s1. The summed E-state index contributed by atoms with van der Waals surface area (Å²) in [5.74, 6) is 1.91. The number of rotatable bonds is 1. The van der Waals surface area contributed by atoms with Crippen LogP contribution in [0.4, 0.5) is 0 Å². The Labute approximate surface area is 201 Å². The van der Waals surface area contributed by atoms with Gasteiger partial charge in [0.05, 0.1) is 5.41 Å². The first-order chi connectivity index (χ1) is 15.2. The first-order valence-electron chi connectivity index (χ1n) is 13.9. The number of hydrogen-bond acceptors (Lipinski definition) is 2. The van der Waals surface area contributed by atoms with Crippen LogP contribution in [0.5, 0.6) is 0 Å². The van der Waals surface area contributed by atoms with Crippen LogP contribution in [0.1, 0.15) is 119 Å². The van der Waals surface area contributed by atoms with E-state index in [9.17, 15) is 14.7 Å². The van der Waals surface area contributed by atoms with Crippen molar-refractivity contribution >= 4 is 11.8 Å². The fraction of sp³-hybridized carbons (Fsp3) is 0.933. The lowest BCUT2D eigenvalue weighted by Gasteiger charge is -2.74. The second kappa shape index (κ2) is 6.88. The van der Waals surface area contributed by atoms with Gasteiger partial charge in [0.1, 0.15) is 5.78 Å². The predicted molar refractivity (Wildman–Crippen MR) is 132 cm³/mol. The van der Waals surface area contributed by atoms with Crippen LogP contribution >= 0.6 is 0 Å². The first kappa shape index (κ1) is 23.9. The molecular formula is C30H48O3. The van der Waals surface area contributed by atoms with Crippen molar-refractivity contribution in [2.75, 3.05) is 0 Å². The lowest BCUT2D eigenvalue weighted by Crippen LogP contribution is -2.68. The van der Waals surface area contributed by atoms with Crippen molar-refractivity contribution < 1.29 is 14.7 Å². The zero-order valence-electron chi connectivity index (χ0n) is 22.4. The molecule has 33 heavy (non-hydrogen) atoms. The molecule has 0 spiro atoms. The van der Waals surface area contributed by atoms with E-state index in [1.807, 2.05) is 6.92 Å². The molecule has 0 amide bonds. The van der Waals surface area contributed by atoms with E-state index in [-0.39, 0.29) is 27.6 Å². The molecule has 0 bridgehead atoms. The number of ketones is 1. The maximum absolute atomic E-state index is 12.7. The smallest absolute Gasteiger partial charge is 0.309 e. The molecule has 5 saturated carbocycles. The number of carbonyl (C=O) groups is 2. The molecular weight excluding hydrogens is 408 g/mol. The average Bonchev–Trinajstić information content (AvgIpc) is 2.74. The van der Waals surface area contributed by atoms with Crippen molar-refractivity contribution in [2.45, 2.75) is 119 Å². The van der Waals surface area contributed by atoms with E-state index in [1.165, 1.54) is 38.5 Å². The zero-order valence-corrected chi connectivity index (χ0v) is 22.4. The van der Waals surface area contributed by atoms with Gasteiger partial charge in [-0.3, -0.25) is 9.59 Å². The molecule has 5 rings (SSSR count). The highest BCUT2D eigenvalue weighted by Gasteiger charge is 2.71. The lowest BCUT2D eigenvalue weighted by molar-refractivity contribution is -0.257. The maximum Gasteiger partial charge on any atom is 0.309 e. The molecule has 5 aliphatic rings. The zero-order chi connectivity index (χ0) is 24.2. The molecule has 10 atom stereocenters. The van der Waals surface area contributed by atoms with Gasteiger partial charge in [-0.05, 0) is 116 Å². The molecule has 0 aliphatic heterocycles. The average molecular weight is 457 g/mol. The Hall–Kier alpha value is -0.860. The van der Waals surface area contributed by atoms with Crippen LogP contribution < -0.4 is 0 Å². The minimum absolute atomic E-state index is 0.153. The monoisotopic (exact) mass is 456 g/mol.